The predicted molar refractivity (Wildman–Crippen MR) is 114 cm³/mol. The van der Waals surface area contributed by atoms with E-state index in [-0.39, 0.29) is 11.2 Å². The van der Waals surface area contributed by atoms with Gasteiger partial charge in [0.1, 0.15) is 23.9 Å². The zero-order chi connectivity index (χ0) is 20.7. The van der Waals surface area contributed by atoms with E-state index in [1.165, 1.54) is 0 Å². The highest BCUT2D eigenvalue weighted by Gasteiger charge is 2.23. The molecule has 4 heteroatoms. The standard InChI is InChI=1S/C24H28O4/c1-7-14-28-19-11-8-17(9-12-19)21(25)13-10-18-15-20(26-5)16-22(27-6)23(18)24(2,3)4/h7-13,15-16H,1,14H2,2-6H3/b13-10+. The van der Waals surface area contributed by atoms with Gasteiger partial charge in [-0.05, 0) is 47.4 Å². The first-order valence-corrected chi connectivity index (χ1v) is 9.12. The summed E-state index contributed by atoms with van der Waals surface area (Å²) >= 11 is 0. The molecule has 0 heterocycles. The zero-order valence-corrected chi connectivity index (χ0v) is 17.2. The van der Waals surface area contributed by atoms with Crippen LogP contribution in [0, 0.1) is 0 Å². The molecule has 0 saturated carbocycles. The molecular weight excluding hydrogens is 352 g/mol. The maximum Gasteiger partial charge on any atom is 0.185 e. The van der Waals surface area contributed by atoms with Crippen LogP contribution in [-0.4, -0.2) is 26.6 Å². The van der Waals surface area contributed by atoms with E-state index in [1.54, 1.807) is 50.6 Å². The van der Waals surface area contributed by atoms with Crippen LogP contribution in [0.25, 0.3) is 6.08 Å². The number of hydrogen-bond donors (Lipinski definition) is 0. The Hall–Kier alpha value is -3.01. The Morgan fingerprint density at radius 1 is 1.04 bits per heavy atom. The number of methoxy groups -OCH3 is 2. The Kier molecular flexibility index (Phi) is 7.05. The van der Waals surface area contributed by atoms with Gasteiger partial charge in [0.15, 0.2) is 5.78 Å². The van der Waals surface area contributed by atoms with Gasteiger partial charge in [-0.2, -0.15) is 0 Å². The second kappa shape index (κ2) is 9.27. The van der Waals surface area contributed by atoms with Crippen molar-refractivity contribution in [3.05, 3.63) is 71.8 Å². The van der Waals surface area contributed by atoms with Crippen molar-refractivity contribution in [3.63, 3.8) is 0 Å². The van der Waals surface area contributed by atoms with E-state index in [0.29, 0.717) is 23.7 Å². The molecule has 2 aromatic carbocycles. The van der Waals surface area contributed by atoms with E-state index >= 15 is 0 Å². The number of allylic oxidation sites excluding steroid dienone is 1. The summed E-state index contributed by atoms with van der Waals surface area (Å²) in [7, 11) is 3.25. The lowest BCUT2D eigenvalue weighted by Gasteiger charge is -2.25. The molecule has 0 unspecified atom stereocenters. The molecule has 0 N–H and O–H groups in total. The van der Waals surface area contributed by atoms with Crippen LogP contribution < -0.4 is 14.2 Å². The first-order valence-electron chi connectivity index (χ1n) is 9.12. The van der Waals surface area contributed by atoms with Crippen LogP contribution in [0.4, 0.5) is 0 Å². The Morgan fingerprint density at radius 3 is 2.25 bits per heavy atom. The third-order valence-corrected chi connectivity index (χ3v) is 4.23. The SMILES string of the molecule is C=CCOc1ccc(C(=O)/C=C/c2cc(OC)cc(OC)c2C(C)(C)C)cc1. The fourth-order valence-electron chi connectivity index (χ4n) is 2.96. The molecule has 2 aromatic rings. The van der Waals surface area contributed by atoms with Gasteiger partial charge in [-0.1, -0.05) is 39.5 Å². The predicted octanol–water partition coefficient (Wildman–Crippen LogP) is 5.46. The van der Waals surface area contributed by atoms with Crippen molar-refractivity contribution in [1.29, 1.82) is 0 Å². The van der Waals surface area contributed by atoms with E-state index < -0.39 is 0 Å². The van der Waals surface area contributed by atoms with Crippen LogP contribution in [0.3, 0.4) is 0 Å². The van der Waals surface area contributed by atoms with Gasteiger partial charge in [0, 0.05) is 17.2 Å². The average Bonchev–Trinajstić information content (AvgIpc) is 2.69. The second-order valence-corrected chi connectivity index (χ2v) is 7.37. The highest BCUT2D eigenvalue weighted by Crippen LogP contribution is 2.38. The van der Waals surface area contributed by atoms with E-state index in [4.69, 9.17) is 14.2 Å². The molecule has 0 spiro atoms. The summed E-state index contributed by atoms with van der Waals surface area (Å²) in [6.45, 7) is 10.4. The number of benzene rings is 2. The minimum absolute atomic E-state index is 0.0862. The number of hydrogen-bond acceptors (Lipinski definition) is 4. The van der Waals surface area contributed by atoms with Gasteiger partial charge in [-0.15, -0.1) is 0 Å². The Morgan fingerprint density at radius 2 is 1.71 bits per heavy atom. The Bertz CT molecular complexity index is 855. The van der Waals surface area contributed by atoms with E-state index in [9.17, 15) is 4.79 Å². The minimum Gasteiger partial charge on any atom is -0.497 e. The quantitative estimate of drug-likeness (QED) is 0.346. The molecule has 4 nitrogen and oxygen atoms in total. The molecule has 0 aromatic heterocycles. The first-order chi connectivity index (χ1) is 13.3. The number of ether oxygens (including phenoxy) is 3. The highest BCUT2D eigenvalue weighted by atomic mass is 16.5. The fraction of sp³-hybridized carbons (Fsp3) is 0.292. The van der Waals surface area contributed by atoms with E-state index in [0.717, 1.165) is 16.9 Å². The van der Waals surface area contributed by atoms with Crippen LogP contribution >= 0.6 is 0 Å². The summed E-state index contributed by atoms with van der Waals surface area (Å²) in [6, 6.07) is 10.8. The number of rotatable bonds is 8. The summed E-state index contributed by atoms with van der Waals surface area (Å²) in [5, 5.41) is 0. The topological polar surface area (TPSA) is 44.8 Å². The smallest absolute Gasteiger partial charge is 0.185 e. The molecule has 0 bridgehead atoms. The van der Waals surface area contributed by atoms with Crippen molar-refractivity contribution in [2.45, 2.75) is 26.2 Å². The van der Waals surface area contributed by atoms with E-state index in [1.807, 2.05) is 18.2 Å². The van der Waals surface area contributed by atoms with Gasteiger partial charge >= 0.3 is 0 Å². The molecule has 0 fully saturated rings. The highest BCUT2D eigenvalue weighted by molar-refractivity contribution is 6.07. The summed E-state index contributed by atoms with van der Waals surface area (Å²) in [4.78, 5) is 12.6. The molecule has 0 amide bonds. The summed E-state index contributed by atoms with van der Waals surface area (Å²) in [5.74, 6) is 2.04. The van der Waals surface area contributed by atoms with Crippen molar-refractivity contribution in [2.75, 3.05) is 20.8 Å². The van der Waals surface area contributed by atoms with Gasteiger partial charge in [-0.3, -0.25) is 4.79 Å². The van der Waals surface area contributed by atoms with Crippen LogP contribution in [0.1, 0.15) is 42.3 Å². The van der Waals surface area contributed by atoms with Crippen LogP contribution in [-0.2, 0) is 5.41 Å². The number of ketones is 1. The van der Waals surface area contributed by atoms with E-state index in [2.05, 4.69) is 27.4 Å². The lowest BCUT2D eigenvalue weighted by Crippen LogP contribution is -2.15. The molecule has 0 aliphatic heterocycles. The van der Waals surface area contributed by atoms with Crippen LogP contribution in [0.2, 0.25) is 0 Å². The van der Waals surface area contributed by atoms with Crippen LogP contribution in [0.5, 0.6) is 17.2 Å². The lowest BCUT2D eigenvalue weighted by molar-refractivity contribution is 0.104. The monoisotopic (exact) mass is 380 g/mol. The van der Waals surface area contributed by atoms with Crippen molar-refractivity contribution < 1.29 is 19.0 Å². The van der Waals surface area contributed by atoms with Gasteiger partial charge in [0.2, 0.25) is 0 Å². The largest absolute Gasteiger partial charge is 0.497 e. The van der Waals surface area contributed by atoms with Crippen molar-refractivity contribution in [3.8, 4) is 17.2 Å². The molecule has 0 aliphatic carbocycles. The fourth-order valence-corrected chi connectivity index (χ4v) is 2.96. The van der Waals surface area contributed by atoms with Crippen molar-refractivity contribution in [2.24, 2.45) is 0 Å². The molecular formula is C24H28O4. The molecule has 28 heavy (non-hydrogen) atoms. The molecule has 2 rings (SSSR count). The molecule has 0 radical (unpaired) electrons. The summed E-state index contributed by atoms with van der Waals surface area (Å²) in [5.41, 5.74) is 2.34. The third kappa shape index (κ3) is 5.26. The summed E-state index contributed by atoms with van der Waals surface area (Å²) < 4.78 is 16.4. The van der Waals surface area contributed by atoms with Gasteiger partial charge in [0.05, 0.1) is 14.2 Å². The normalized spacial score (nSPS) is 11.3. The van der Waals surface area contributed by atoms with Crippen molar-refractivity contribution in [1.82, 2.24) is 0 Å². The van der Waals surface area contributed by atoms with Crippen molar-refractivity contribution >= 4 is 11.9 Å². The molecule has 0 saturated heterocycles. The molecule has 0 atom stereocenters. The number of carbonyl (C=O) groups excluding carboxylic acids is 1. The average molecular weight is 380 g/mol. The Labute approximate surface area is 167 Å². The molecule has 148 valence electrons. The maximum atomic E-state index is 12.6. The van der Waals surface area contributed by atoms with Gasteiger partial charge in [-0.25, -0.2) is 0 Å². The summed E-state index contributed by atoms with van der Waals surface area (Å²) in [6.07, 6.45) is 5.07. The third-order valence-electron chi connectivity index (χ3n) is 4.23. The number of carbonyl (C=O) groups is 1. The molecule has 0 aliphatic rings. The van der Waals surface area contributed by atoms with Gasteiger partial charge in [0.25, 0.3) is 0 Å². The minimum atomic E-state index is -0.162. The second-order valence-electron chi connectivity index (χ2n) is 7.37. The lowest BCUT2D eigenvalue weighted by atomic mass is 9.82. The zero-order valence-electron chi connectivity index (χ0n) is 17.2. The maximum absolute atomic E-state index is 12.6. The van der Waals surface area contributed by atoms with Gasteiger partial charge < -0.3 is 14.2 Å². The Balaban J connectivity index is 2.34. The van der Waals surface area contributed by atoms with Crippen LogP contribution in [0.15, 0.2) is 55.1 Å². The first kappa shape index (κ1) is 21.3.